The average Bonchev–Trinajstić information content (AvgIpc) is 2.47. The smallest absolute Gasteiger partial charge is 0.189 e. The lowest BCUT2D eigenvalue weighted by atomic mass is 10.1. The largest absolute Gasteiger partial charge is 0.394 e. The number of aliphatic hydroxyl groups is 8. The van der Waals surface area contributed by atoms with Crippen molar-refractivity contribution in [1.29, 1.82) is 0 Å². The molecule has 20 heavy (non-hydrogen) atoms. The Hall–Kier alpha value is -0.690. The first-order valence-corrected chi connectivity index (χ1v) is 5.70. The van der Waals surface area contributed by atoms with Crippen LogP contribution < -0.4 is 0 Å². The number of hydrogen-bond acceptors (Lipinski definition) is 10. The van der Waals surface area contributed by atoms with E-state index in [2.05, 4.69) is 4.74 Å². The fourth-order valence-electron chi connectivity index (χ4n) is 1.20. The van der Waals surface area contributed by atoms with Crippen molar-refractivity contribution in [2.45, 2.75) is 36.8 Å². The highest BCUT2D eigenvalue weighted by Gasteiger charge is 2.36. The van der Waals surface area contributed by atoms with E-state index in [1.165, 1.54) is 0 Å². The molecule has 0 radical (unpaired) electrons. The Morgan fingerprint density at radius 1 is 1.10 bits per heavy atom. The van der Waals surface area contributed by atoms with Gasteiger partial charge in [0.25, 0.3) is 0 Å². The van der Waals surface area contributed by atoms with Gasteiger partial charge in [-0.05, 0) is 0 Å². The van der Waals surface area contributed by atoms with Crippen LogP contribution in [-0.4, -0.2) is 103 Å². The number of ketones is 1. The Morgan fingerprint density at radius 2 is 1.65 bits per heavy atom. The standard InChI is InChI=1S/2C5H10O5/c6-2-1-10-5(9)4(8)3(2)7;6-1-3(8)5(10)4(9)2-7/h2-9H,1H2;3,5-8,10H,1-2H2/t2-,3+,4-,5?;3-,5+/m11/s1. The summed E-state index contributed by atoms with van der Waals surface area (Å²) in [5.74, 6) is -0.901. The van der Waals surface area contributed by atoms with Crippen molar-refractivity contribution in [1.82, 2.24) is 0 Å². The average molecular weight is 300 g/mol. The molecule has 0 aromatic carbocycles. The van der Waals surface area contributed by atoms with Crippen LogP contribution in [0.15, 0.2) is 0 Å². The highest BCUT2D eigenvalue weighted by molar-refractivity contribution is 5.84. The van der Waals surface area contributed by atoms with Crippen LogP contribution in [-0.2, 0) is 9.53 Å². The molecule has 0 bridgehead atoms. The van der Waals surface area contributed by atoms with Crippen molar-refractivity contribution in [3.05, 3.63) is 0 Å². The van der Waals surface area contributed by atoms with E-state index >= 15 is 0 Å². The predicted octanol–water partition coefficient (Wildman–Crippen LogP) is -5.32. The highest BCUT2D eigenvalue weighted by Crippen LogP contribution is 2.12. The molecule has 0 spiro atoms. The normalized spacial score (nSPS) is 32.8. The molecule has 8 N–H and O–H groups in total. The molecule has 1 saturated heterocycles. The molecule has 120 valence electrons. The SMILES string of the molecule is O=C(CO)[C@@H](O)[C@H](O)CO.OC1OC[C@@H](O)[C@H](O)[C@H]1O. The van der Waals surface area contributed by atoms with Gasteiger partial charge in [-0.3, -0.25) is 4.79 Å². The molecule has 0 aliphatic carbocycles. The fourth-order valence-corrected chi connectivity index (χ4v) is 1.20. The quantitative estimate of drug-likeness (QED) is 0.249. The Balaban J connectivity index is 0.000000361. The second kappa shape index (κ2) is 9.28. The van der Waals surface area contributed by atoms with Crippen LogP contribution in [0.25, 0.3) is 0 Å². The highest BCUT2D eigenvalue weighted by atomic mass is 16.6. The molecule has 0 amide bonds. The minimum Gasteiger partial charge on any atom is -0.394 e. The van der Waals surface area contributed by atoms with Gasteiger partial charge in [0.1, 0.15) is 37.1 Å². The zero-order chi connectivity index (χ0) is 15.9. The Kier molecular flexibility index (Phi) is 8.96. The number of hydrogen-bond donors (Lipinski definition) is 8. The van der Waals surface area contributed by atoms with Crippen LogP contribution >= 0.6 is 0 Å². The minimum absolute atomic E-state index is 0.153. The fraction of sp³-hybridized carbons (Fsp3) is 0.900. The molecule has 0 aromatic heterocycles. The number of carbonyl (C=O) groups is 1. The number of ether oxygens (including phenoxy) is 1. The van der Waals surface area contributed by atoms with E-state index in [9.17, 15) is 4.79 Å². The van der Waals surface area contributed by atoms with Crippen LogP contribution in [0.5, 0.6) is 0 Å². The third-order valence-corrected chi connectivity index (χ3v) is 2.51. The lowest BCUT2D eigenvalue weighted by Crippen LogP contribution is -2.52. The van der Waals surface area contributed by atoms with Gasteiger partial charge >= 0.3 is 0 Å². The van der Waals surface area contributed by atoms with E-state index < -0.39 is 55.8 Å². The third-order valence-electron chi connectivity index (χ3n) is 2.51. The van der Waals surface area contributed by atoms with Crippen LogP contribution in [0, 0.1) is 0 Å². The zero-order valence-electron chi connectivity index (χ0n) is 10.5. The first-order valence-electron chi connectivity index (χ1n) is 5.70. The molecular formula is C10H20O10. The van der Waals surface area contributed by atoms with Crippen LogP contribution in [0.3, 0.4) is 0 Å². The van der Waals surface area contributed by atoms with Crippen molar-refractivity contribution in [3.63, 3.8) is 0 Å². The van der Waals surface area contributed by atoms with Crippen molar-refractivity contribution < 1.29 is 50.4 Å². The molecule has 0 aromatic rings. The number of Topliss-reactive ketones (excluding diaryl/α,β-unsaturated/α-hetero) is 1. The van der Waals surface area contributed by atoms with Gasteiger partial charge in [-0.2, -0.15) is 0 Å². The van der Waals surface area contributed by atoms with E-state index in [0.29, 0.717) is 0 Å². The first kappa shape index (κ1) is 19.3. The minimum atomic E-state index is -1.69. The van der Waals surface area contributed by atoms with Crippen LogP contribution in [0.2, 0.25) is 0 Å². The molecule has 10 nitrogen and oxygen atoms in total. The molecule has 0 saturated carbocycles. The number of carbonyl (C=O) groups excluding carboxylic acids is 1. The molecule has 1 rings (SSSR count). The van der Waals surface area contributed by atoms with Crippen LogP contribution in [0.1, 0.15) is 0 Å². The molecular weight excluding hydrogens is 280 g/mol. The Bertz CT molecular complexity index is 271. The second-order valence-electron chi connectivity index (χ2n) is 4.09. The van der Waals surface area contributed by atoms with Crippen molar-refractivity contribution in [3.8, 4) is 0 Å². The van der Waals surface area contributed by atoms with Gasteiger partial charge in [0.15, 0.2) is 12.1 Å². The zero-order valence-corrected chi connectivity index (χ0v) is 10.5. The summed E-state index contributed by atoms with van der Waals surface area (Å²) in [6.07, 6.45) is -8.42. The number of aliphatic hydroxyl groups excluding tert-OH is 8. The summed E-state index contributed by atoms with van der Waals surface area (Å²) in [7, 11) is 0. The third kappa shape index (κ3) is 5.75. The molecule has 1 fully saturated rings. The van der Waals surface area contributed by atoms with Crippen molar-refractivity contribution in [2.75, 3.05) is 19.8 Å². The van der Waals surface area contributed by atoms with E-state index in [1.54, 1.807) is 0 Å². The predicted molar refractivity (Wildman–Crippen MR) is 61.2 cm³/mol. The summed E-state index contributed by atoms with van der Waals surface area (Å²) in [6.45, 7) is -1.69. The van der Waals surface area contributed by atoms with E-state index in [1.807, 2.05) is 0 Å². The second-order valence-corrected chi connectivity index (χ2v) is 4.09. The van der Waals surface area contributed by atoms with Gasteiger partial charge in [-0.25, -0.2) is 0 Å². The maximum Gasteiger partial charge on any atom is 0.189 e. The molecule has 1 aliphatic rings. The molecule has 1 unspecified atom stereocenters. The van der Waals surface area contributed by atoms with Gasteiger partial charge in [-0.1, -0.05) is 0 Å². The summed E-state index contributed by atoms with van der Waals surface area (Å²) < 4.78 is 4.47. The summed E-state index contributed by atoms with van der Waals surface area (Å²) in [4.78, 5) is 10.3. The Labute approximate surface area is 114 Å². The number of rotatable bonds is 4. The topological polar surface area (TPSA) is 188 Å². The van der Waals surface area contributed by atoms with Crippen molar-refractivity contribution >= 4 is 5.78 Å². The maximum atomic E-state index is 10.3. The monoisotopic (exact) mass is 300 g/mol. The summed E-state index contributed by atoms with van der Waals surface area (Å²) >= 11 is 0. The molecule has 6 atom stereocenters. The summed E-state index contributed by atoms with van der Waals surface area (Å²) in [6, 6.07) is 0. The first-order chi connectivity index (χ1) is 9.26. The van der Waals surface area contributed by atoms with Crippen molar-refractivity contribution in [2.24, 2.45) is 0 Å². The van der Waals surface area contributed by atoms with Gasteiger partial charge in [0, 0.05) is 0 Å². The van der Waals surface area contributed by atoms with E-state index in [4.69, 9.17) is 40.9 Å². The summed E-state index contributed by atoms with van der Waals surface area (Å²) in [5, 5.41) is 68.9. The van der Waals surface area contributed by atoms with Crippen LogP contribution in [0.4, 0.5) is 0 Å². The lowest BCUT2D eigenvalue weighted by Gasteiger charge is -2.31. The molecule has 1 heterocycles. The Morgan fingerprint density at radius 3 is 2.05 bits per heavy atom. The van der Waals surface area contributed by atoms with Gasteiger partial charge in [-0.15, -0.1) is 0 Å². The maximum absolute atomic E-state index is 10.3. The molecule has 10 heteroatoms. The lowest BCUT2D eigenvalue weighted by molar-refractivity contribution is -0.252. The van der Waals surface area contributed by atoms with Gasteiger partial charge < -0.3 is 45.6 Å². The molecule has 1 aliphatic heterocycles. The van der Waals surface area contributed by atoms with E-state index in [-0.39, 0.29) is 6.61 Å². The van der Waals surface area contributed by atoms with E-state index in [0.717, 1.165) is 0 Å². The van der Waals surface area contributed by atoms with Gasteiger partial charge in [0.05, 0.1) is 13.2 Å². The van der Waals surface area contributed by atoms with Gasteiger partial charge in [0.2, 0.25) is 0 Å². The summed E-state index contributed by atoms with van der Waals surface area (Å²) in [5.41, 5.74) is 0.